The Kier molecular flexibility index (Phi) is 3.82. The zero-order valence-electron chi connectivity index (χ0n) is 10.7. The summed E-state index contributed by atoms with van der Waals surface area (Å²) < 4.78 is 0. The maximum absolute atomic E-state index is 5.81. The van der Waals surface area contributed by atoms with Gasteiger partial charge in [0.25, 0.3) is 0 Å². The van der Waals surface area contributed by atoms with Gasteiger partial charge in [-0.05, 0) is 26.2 Å². The van der Waals surface area contributed by atoms with Gasteiger partial charge in [0, 0.05) is 18.0 Å². The van der Waals surface area contributed by atoms with Crippen LogP contribution >= 0.6 is 0 Å². The molecule has 1 atom stereocenters. The minimum Gasteiger partial charge on any atom is -0.384 e. The van der Waals surface area contributed by atoms with E-state index in [0.717, 1.165) is 11.6 Å². The predicted octanol–water partition coefficient (Wildman–Crippen LogP) is 2.93. The van der Waals surface area contributed by atoms with Gasteiger partial charge < -0.3 is 11.1 Å². The molecule has 1 heterocycles. The number of anilines is 2. The number of nitrogens with two attached hydrogens (primary N) is 1. The third-order valence-corrected chi connectivity index (χ3v) is 3.09. The first-order chi connectivity index (χ1) is 8.19. The van der Waals surface area contributed by atoms with E-state index in [4.69, 9.17) is 5.73 Å². The molecule has 3 N–H and O–H groups in total. The van der Waals surface area contributed by atoms with Gasteiger partial charge in [-0.25, -0.2) is 9.97 Å². The summed E-state index contributed by atoms with van der Waals surface area (Å²) in [4.78, 5) is 8.83. The first kappa shape index (κ1) is 12.1. The van der Waals surface area contributed by atoms with Crippen LogP contribution in [-0.2, 0) is 0 Å². The van der Waals surface area contributed by atoms with Crippen LogP contribution in [0.5, 0.6) is 0 Å². The van der Waals surface area contributed by atoms with Crippen molar-refractivity contribution in [1.29, 1.82) is 0 Å². The van der Waals surface area contributed by atoms with E-state index in [2.05, 4.69) is 29.1 Å². The molecule has 0 aromatic carbocycles. The Morgan fingerprint density at radius 2 is 2.24 bits per heavy atom. The molecule has 1 unspecified atom stereocenters. The first-order valence-electron chi connectivity index (χ1n) is 6.60. The van der Waals surface area contributed by atoms with Crippen LogP contribution in [0, 0.1) is 0 Å². The molecule has 94 valence electrons. The number of hydrogen-bond acceptors (Lipinski definition) is 4. The fraction of sp³-hybridized carbons (Fsp3) is 0.692. The number of nitrogens with zero attached hydrogens (tertiary/aromatic N) is 2. The number of nitrogen functional groups attached to an aromatic ring is 1. The number of nitrogens with one attached hydrogen (secondary N) is 1. The van der Waals surface area contributed by atoms with Crippen molar-refractivity contribution in [2.24, 2.45) is 0 Å². The van der Waals surface area contributed by atoms with Crippen molar-refractivity contribution >= 4 is 11.6 Å². The third-order valence-electron chi connectivity index (χ3n) is 3.09. The van der Waals surface area contributed by atoms with Gasteiger partial charge >= 0.3 is 0 Å². The molecule has 1 aliphatic rings. The molecule has 1 aromatic heterocycles. The van der Waals surface area contributed by atoms with Crippen molar-refractivity contribution in [2.75, 3.05) is 11.1 Å². The van der Waals surface area contributed by atoms with Crippen molar-refractivity contribution in [3.8, 4) is 0 Å². The van der Waals surface area contributed by atoms with Crippen LogP contribution in [0.2, 0.25) is 0 Å². The number of aromatic nitrogens is 2. The van der Waals surface area contributed by atoms with Crippen molar-refractivity contribution in [2.45, 2.75) is 57.9 Å². The number of unbranched alkanes of at least 4 members (excludes halogenated alkanes) is 1. The molecule has 0 radical (unpaired) electrons. The maximum Gasteiger partial charge on any atom is 0.136 e. The summed E-state index contributed by atoms with van der Waals surface area (Å²) in [5.41, 5.74) is 5.81. The molecule has 2 rings (SSSR count). The largest absolute Gasteiger partial charge is 0.384 e. The monoisotopic (exact) mass is 234 g/mol. The van der Waals surface area contributed by atoms with E-state index in [1.165, 1.54) is 32.1 Å². The van der Waals surface area contributed by atoms with E-state index in [1.54, 1.807) is 0 Å². The van der Waals surface area contributed by atoms with Crippen LogP contribution < -0.4 is 11.1 Å². The molecule has 1 aliphatic carbocycles. The van der Waals surface area contributed by atoms with E-state index in [0.29, 0.717) is 17.8 Å². The van der Waals surface area contributed by atoms with Crippen molar-refractivity contribution < 1.29 is 0 Å². The van der Waals surface area contributed by atoms with Crippen LogP contribution in [0.1, 0.15) is 57.7 Å². The fourth-order valence-corrected chi connectivity index (χ4v) is 1.92. The summed E-state index contributed by atoms with van der Waals surface area (Å²) >= 11 is 0. The summed E-state index contributed by atoms with van der Waals surface area (Å²) in [6, 6.07) is 2.27. The molecule has 4 heteroatoms. The minimum absolute atomic E-state index is 0.441. The molecule has 1 saturated carbocycles. The lowest BCUT2D eigenvalue weighted by Crippen LogP contribution is -2.16. The molecular weight excluding hydrogens is 212 g/mol. The topological polar surface area (TPSA) is 63.8 Å². The standard InChI is InChI=1S/C13H22N4/c1-3-4-5-9(2)15-12-8-11(14)16-13(17-12)10-6-7-10/h8-10H,3-7H2,1-2H3,(H3,14,15,16,17). The quantitative estimate of drug-likeness (QED) is 0.794. The lowest BCUT2D eigenvalue weighted by Gasteiger charge is -2.14. The summed E-state index contributed by atoms with van der Waals surface area (Å²) in [6.07, 6.45) is 6.04. The highest BCUT2D eigenvalue weighted by molar-refractivity contribution is 5.45. The molecule has 0 spiro atoms. The third kappa shape index (κ3) is 3.58. The van der Waals surface area contributed by atoms with Gasteiger partial charge in [-0.15, -0.1) is 0 Å². The van der Waals surface area contributed by atoms with Crippen LogP contribution in [0.4, 0.5) is 11.6 Å². The Morgan fingerprint density at radius 1 is 1.47 bits per heavy atom. The molecule has 0 bridgehead atoms. The highest BCUT2D eigenvalue weighted by atomic mass is 15.1. The molecule has 4 nitrogen and oxygen atoms in total. The van der Waals surface area contributed by atoms with Gasteiger partial charge in [0.2, 0.25) is 0 Å². The molecular formula is C13H22N4. The Labute approximate surface area is 103 Å². The molecule has 17 heavy (non-hydrogen) atoms. The highest BCUT2D eigenvalue weighted by Crippen LogP contribution is 2.38. The van der Waals surface area contributed by atoms with Crippen molar-refractivity contribution in [3.05, 3.63) is 11.9 Å². The Morgan fingerprint density at radius 3 is 2.88 bits per heavy atom. The van der Waals surface area contributed by atoms with E-state index < -0.39 is 0 Å². The smallest absolute Gasteiger partial charge is 0.136 e. The Hall–Kier alpha value is -1.32. The van der Waals surface area contributed by atoms with Crippen molar-refractivity contribution in [1.82, 2.24) is 9.97 Å². The van der Waals surface area contributed by atoms with E-state index in [1.807, 2.05) is 6.07 Å². The predicted molar refractivity (Wildman–Crippen MR) is 71.0 cm³/mol. The van der Waals surface area contributed by atoms with Gasteiger partial charge in [-0.1, -0.05) is 19.8 Å². The van der Waals surface area contributed by atoms with Crippen LogP contribution in [0.25, 0.3) is 0 Å². The van der Waals surface area contributed by atoms with Gasteiger partial charge in [0.1, 0.15) is 17.5 Å². The Bertz CT molecular complexity index is 374. The summed E-state index contributed by atoms with van der Waals surface area (Å²) in [6.45, 7) is 4.39. The maximum atomic E-state index is 5.81. The first-order valence-corrected chi connectivity index (χ1v) is 6.60. The van der Waals surface area contributed by atoms with Gasteiger partial charge in [-0.2, -0.15) is 0 Å². The number of rotatable bonds is 6. The fourth-order valence-electron chi connectivity index (χ4n) is 1.92. The zero-order valence-corrected chi connectivity index (χ0v) is 10.7. The summed E-state index contributed by atoms with van der Waals surface area (Å²) in [7, 11) is 0. The van der Waals surface area contributed by atoms with Crippen LogP contribution in [0.15, 0.2) is 6.07 Å². The lowest BCUT2D eigenvalue weighted by atomic mass is 10.1. The summed E-state index contributed by atoms with van der Waals surface area (Å²) in [5, 5.41) is 3.41. The van der Waals surface area contributed by atoms with Crippen LogP contribution in [-0.4, -0.2) is 16.0 Å². The second-order valence-electron chi connectivity index (χ2n) is 5.00. The average Bonchev–Trinajstić information content (AvgIpc) is 3.09. The van der Waals surface area contributed by atoms with E-state index >= 15 is 0 Å². The second-order valence-corrected chi connectivity index (χ2v) is 5.00. The average molecular weight is 234 g/mol. The number of hydrogen-bond donors (Lipinski definition) is 2. The normalized spacial score (nSPS) is 16.8. The second kappa shape index (κ2) is 5.34. The zero-order chi connectivity index (χ0) is 12.3. The lowest BCUT2D eigenvalue weighted by molar-refractivity contribution is 0.642. The van der Waals surface area contributed by atoms with Crippen LogP contribution in [0.3, 0.4) is 0 Å². The molecule has 0 amide bonds. The summed E-state index contributed by atoms with van der Waals surface area (Å²) in [5.74, 6) is 2.91. The van der Waals surface area contributed by atoms with Crippen molar-refractivity contribution in [3.63, 3.8) is 0 Å². The minimum atomic E-state index is 0.441. The molecule has 1 fully saturated rings. The SMILES string of the molecule is CCCCC(C)Nc1cc(N)nc(C2CC2)n1. The van der Waals surface area contributed by atoms with E-state index in [9.17, 15) is 0 Å². The van der Waals surface area contributed by atoms with E-state index in [-0.39, 0.29) is 0 Å². The van der Waals surface area contributed by atoms with Gasteiger partial charge in [-0.3, -0.25) is 0 Å². The van der Waals surface area contributed by atoms with Gasteiger partial charge in [0.05, 0.1) is 0 Å². The highest BCUT2D eigenvalue weighted by Gasteiger charge is 2.27. The van der Waals surface area contributed by atoms with Gasteiger partial charge in [0.15, 0.2) is 0 Å². The molecule has 0 saturated heterocycles. The molecule has 0 aliphatic heterocycles. The molecule has 1 aromatic rings. The Balaban J connectivity index is 1.99.